The fourth-order valence-corrected chi connectivity index (χ4v) is 5.11. The minimum absolute atomic E-state index is 0.124. The standard InChI is InChI=1S/C22H20F3NO5S/c1-3-4-12-31-19(27)13-18-17-7-5-6-14(2)20(17)32(29,30)26(18)21(28)15-8-10-16(11-9-15)22(23,24)25/h5-11,13H,3-4,12H2,1-2H3/b18-13+. The number of halogens is 3. The van der Waals surface area contributed by atoms with Gasteiger partial charge in [0.1, 0.15) is 4.90 Å². The molecule has 0 atom stereocenters. The van der Waals surface area contributed by atoms with Crippen molar-refractivity contribution in [3.8, 4) is 0 Å². The summed E-state index contributed by atoms with van der Waals surface area (Å²) in [5, 5.41) is 0. The van der Waals surface area contributed by atoms with Gasteiger partial charge in [0.15, 0.2) is 0 Å². The first kappa shape index (κ1) is 23.5. The summed E-state index contributed by atoms with van der Waals surface area (Å²) >= 11 is 0. The van der Waals surface area contributed by atoms with Crippen molar-refractivity contribution in [2.75, 3.05) is 6.61 Å². The summed E-state index contributed by atoms with van der Waals surface area (Å²) < 4.78 is 70.5. The number of carbonyl (C=O) groups excluding carboxylic acids is 2. The zero-order chi connectivity index (χ0) is 23.7. The van der Waals surface area contributed by atoms with E-state index in [1.54, 1.807) is 19.1 Å². The lowest BCUT2D eigenvalue weighted by Gasteiger charge is -2.18. The van der Waals surface area contributed by atoms with Gasteiger partial charge in [-0.3, -0.25) is 4.79 Å². The average Bonchev–Trinajstić information content (AvgIpc) is 2.94. The first-order valence-corrected chi connectivity index (χ1v) is 11.2. The van der Waals surface area contributed by atoms with Crippen LogP contribution in [0.15, 0.2) is 53.4 Å². The molecule has 32 heavy (non-hydrogen) atoms. The van der Waals surface area contributed by atoms with Gasteiger partial charge in [0.05, 0.1) is 17.9 Å². The number of benzene rings is 2. The number of esters is 1. The van der Waals surface area contributed by atoms with E-state index in [4.69, 9.17) is 4.74 Å². The van der Waals surface area contributed by atoms with Crippen LogP contribution in [0.25, 0.3) is 5.70 Å². The summed E-state index contributed by atoms with van der Waals surface area (Å²) in [6, 6.07) is 7.74. The van der Waals surface area contributed by atoms with Crippen molar-refractivity contribution in [2.45, 2.75) is 37.8 Å². The van der Waals surface area contributed by atoms with Gasteiger partial charge in [-0.05, 0) is 43.2 Å². The van der Waals surface area contributed by atoms with E-state index >= 15 is 0 Å². The van der Waals surface area contributed by atoms with Gasteiger partial charge in [-0.2, -0.15) is 17.5 Å². The summed E-state index contributed by atoms with van der Waals surface area (Å²) in [5.41, 5.74) is -0.978. The summed E-state index contributed by atoms with van der Waals surface area (Å²) in [5.74, 6) is -1.91. The van der Waals surface area contributed by atoms with E-state index in [-0.39, 0.29) is 28.3 Å². The van der Waals surface area contributed by atoms with Crippen LogP contribution >= 0.6 is 0 Å². The third-order valence-corrected chi connectivity index (χ3v) is 6.75. The fourth-order valence-electron chi connectivity index (χ4n) is 3.27. The number of hydrogen-bond donors (Lipinski definition) is 0. The molecule has 1 aliphatic rings. The molecule has 0 saturated carbocycles. The second-order valence-electron chi connectivity index (χ2n) is 7.15. The van der Waals surface area contributed by atoms with Crippen molar-refractivity contribution in [1.29, 1.82) is 0 Å². The van der Waals surface area contributed by atoms with Crippen molar-refractivity contribution in [1.82, 2.24) is 4.31 Å². The number of unbranched alkanes of at least 4 members (excludes halogenated alkanes) is 1. The van der Waals surface area contributed by atoms with E-state index in [2.05, 4.69) is 0 Å². The zero-order valence-corrected chi connectivity index (χ0v) is 18.1. The Morgan fingerprint density at radius 3 is 2.34 bits per heavy atom. The highest BCUT2D eigenvalue weighted by molar-refractivity contribution is 7.90. The normalized spacial score (nSPS) is 16.2. The lowest BCUT2D eigenvalue weighted by atomic mass is 10.1. The maximum Gasteiger partial charge on any atom is 0.416 e. The Morgan fingerprint density at radius 1 is 1.09 bits per heavy atom. The molecule has 1 aliphatic heterocycles. The van der Waals surface area contributed by atoms with Crippen LogP contribution < -0.4 is 0 Å². The van der Waals surface area contributed by atoms with Gasteiger partial charge in [-0.25, -0.2) is 13.2 Å². The molecular weight excluding hydrogens is 447 g/mol. The molecule has 2 aromatic carbocycles. The molecule has 1 heterocycles. The van der Waals surface area contributed by atoms with Gasteiger partial charge in [-0.15, -0.1) is 0 Å². The SMILES string of the molecule is CCCCOC(=O)/C=C1\c2cccc(C)c2S(=O)(=O)N1C(=O)c1ccc(C(F)(F)F)cc1. The minimum Gasteiger partial charge on any atom is -0.462 e. The predicted octanol–water partition coefficient (Wildman–Crippen LogP) is 4.54. The Balaban J connectivity index is 2.08. The number of amides is 1. The molecule has 1 amide bonds. The Kier molecular flexibility index (Phi) is 6.45. The third kappa shape index (κ3) is 4.40. The highest BCUT2D eigenvalue weighted by Gasteiger charge is 2.44. The summed E-state index contributed by atoms with van der Waals surface area (Å²) in [7, 11) is -4.40. The van der Waals surface area contributed by atoms with Crippen molar-refractivity contribution >= 4 is 27.6 Å². The molecule has 0 bridgehead atoms. The zero-order valence-electron chi connectivity index (χ0n) is 17.3. The van der Waals surface area contributed by atoms with Crippen LogP contribution in [-0.2, 0) is 25.7 Å². The summed E-state index contributed by atoms with van der Waals surface area (Å²) in [6.07, 6.45) is -2.31. The van der Waals surface area contributed by atoms with Gasteiger partial charge in [0.25, 0.3) is 15.9 Å². The number of sulfonamides is 1. The smallest absolute Gasteiger partial charge is 0.416 e. The second kappa shape index (κ2) is 8.78. The van der Waals surface area contributed by atoms with E-state index in [0.29, 0.717) is 28.4 Å². The van der Waals surface area contributed by atoms with E-state index < -0.39 is 33.6 Å². The number of rotatable bonds is 5. The van der Waals surface area contributed by atoms with Crippen molar-refractivity contribution in [3.63, 3.8) is 0 Å². The Bertz CT molecular complexity index is 1190. The summed E-state index contributed by atoms with van der Waals surface area (Å²) in [4.78, 5) is 25.3. The van der Waals surface area contributed by atoms with Crippen LogP contribution in [0.4, 0.5) is 13.2 Å². The number of alkyl halides is 3. The molecule has 0 fully saturated rings. The van der Waals surface area contributed by atoms with Crippen LogP contribution in [0.3, 0.4) is 0 Å². The van der Waals surface area contributed by atoms with Gasteiger partial charge in [0.2, 0.25) is 0 Å². The number of aryl methyl sites for hydroxylation is 1. The molecule has 6 nitrogen and oxygen atoms in total. The number of hydrogen-bond acceptors (Lipinski definition) is 5. The number of ether oxygens (including phenoxy) is 1. The van der Waals surface area contributed by atoms with E-state index in [1.165, 1.54) is 6.07 Å². The van der Waals surface area contributed by atoms with Crippen LogP contribution in [-0.4, -0.2) is 31.2 Å². The average molecular weight is 467 g/mol. The first-order valence-electron chi connectivity index (χ1n) is 9.74. The molecule has 2 aromatic rings. The highest BCUT2D eigenvalue weighted by atomic mass is 32.2. The van der Waals surface area contributed by atoms with E-state index in [0.717, 1.165) is 24.6 Å². The van der Waals surface area contributed by atoms with E-state index in [1.807, 2.05) is 6.92 Å². The molecule has 0 spiro atoms. The number of nitrogens with zero attached hydrogens (tertiary/aromatic N) is 1. The molecule has 0 saturated heterocycles. The molecule has 0 aliphatic carbocycles. The molecule has 0 unspecified atom stereocenters. The van der Waals surface area contributed by atoms with Crippen LogP contribution in [0.5, 0.6) is 0 Å². The van der Waals surface area contributed by atoms with Crippen LogP contribution in [0.2, 0.25) is 0 Å². The van der Waals surface area contributed by atoms with Gasteiger partial charge >= 0.3 is 12.1 Å². The first-order chi connectivity index (χ1) is 15.0. The molecule has 170 valence electrons. The Hall–Kier alpha value is -3.14. The van der Waals surface area contributed by atoms with Crippen LogP contribution in [0, 0.1) is 6.92 Å². The maximum atomic E-state index is 13.2. The van der Waals surface area contributed by atoms with Gasteiger partial charge < -0.3 is 4.74 Å². The Labute approximate surface area is 183 Å². The lowest BCUT2D eigenvalue weighted by molar-refractivity contribution is -0.138. The molecule has 10 heteroatoms. The molecule has 0 radical (unpaired) electrons. The Morgan fingerprint density at radius 2 is 1.75 bits per heavy atom. The fraction of sp³-hybridized carbons (Fsp3) is 0.273. The van der Waals surface area contributed by atoms with Crippen LogP contribution in [0.1, 0.15) is 46.8 Å². The molecule has 0 N–H and O–H groups in total. The van der Waals surface area contributed by atoms with Gasteiger partial charge in [0, 0.05) is 17.2 Å². The predicted molar refractivity (Wildman–Crippen MR) is 110 cm³/mol. The monoisotopic (exact) mass is 467 g/mol. The number of carbonyl (C=O) groups is 2. The number of fused-ring (bicyclic) bond motifs is 1. The molecular formula is C22H20F3NO5S. The quantitative estimate of drug-likeness (QED) is 0.366. The second-order valence-corrected chi connectivity index (χ2v) is 8.88. The lowest BCUT2D eigenvalue weighted by Crippen LogP contribution is -2.31. The van der Waals surface area contributed by atoms with E-state index in [9.17, 15) is 31.2 Å². The molecule has 0 aromatic heterocycles. The highest BCUT2D eigenvalue weighted by Crippen LogP contribution is 2.41. The summed E-state index contributed by atoms with van der Waals surface area (Å²) in [6.45, 7) is 3.57. The van der Waals surface area contributed by atoms with Crippen molar-refractivity contribution in [3.05, 3.63) is 70.8 Å². The minimum atomic E-state index is -4.61. The molecule has 3 rings (SSSR count). The maximum absolute atomic E-state index is 13.2. The largest absolute Gasteiger partial charge is 0.462 e. The third-order valence-electron chi connectivity index (χ3n) is 4.85. The van der Waals surface area contributed by atoms with Crippen molar-refractivity contribution in [2.24, 2.45) is 0 Å². The van der Waals surface area contributed by atoms with Gasteiger partial charge in [-0.1, -0.05) is 31.5 Å². The topological polar surface area (TPSA) is 80.8 Å². The van der Waals surface area contributed by atoms with Crippen molar-refractivity contribution < 1.29 is 35.9 Å².